The van der Waals surface area contributed by atoms with Crippen molar-refractivity contribution >= 4 is 27.5 Å². The Labute approximate surface area is 133 Å². The van der Waals surface area contributed by atoms with E-state index in [1.807, 2.05) is 19.2 Å². The van der Waals surface area contributed by atoms with Crippen LogP contribution >= 0.6 is 27.5 Å². The van der Waals surface area contributed by atoms with Crippen LogP contribution < -0.4 is 5.32 Å². The van der Waals surface area contributed by atoms with Crippen molar-refractivity contribution in [2.24, 2.45) is 0 Å². The van der Waals surface area contributed by atoms with Crippen molar-refractivity contribution in [3.05, 3.63) is 68.7 Å². The number of nitrogens with one attached hydrogen (secondary N) is 1. The van der Waals surface area contributed by atoms with E-state index in [2.05, 4.69) is 51.6 Å². The van der Waals surface area contributed by atoms with Gasteiger partial charge < -0.3 is 5.32 Å². The predicted octanol–water partition coefficient (Wildman–Crippen LogP) is 5.09. The van der Waals surface area contributed by atoms with E-state index < -0.39 is 0 Å². The molecule has 2 unspecified atom stereocenters. The molecule has 3 rings (SSSR count). The maximum Gasteiger partial charge on any atom is 0.0595 e. The van der Waals surface area contributed by atoms with E-state index in [1.165, 1.54) is 23.1 Å². The van der Waals surface area contributed by atoms with Crippen LogP contribution in [-0.4, -0.2) is 7.05 Å². The van der Waals surface area contributed by atoms with Gasteiger partial charge in [-0.2, -0.15) is 0 Å². The zero-order valence-corrected chi connectivity index (χ0v) is 13.7. The van der Waals surface area contributed by atoms with Gasteiger partial charge in [-0.3, -0.25) is 0 Å². The number of rotatable bonds is 4. The Morgan fingerprint density at radius 1 is 1.25 bits per heavy atom. The molecule has 0 saturated carbocycles. The van der Waals surface area contributed by atoms with Crippen LogP contribution in [-0.2, 0) is 6.42 Å². The first kappa shape index (κ1) is 14.1. The van der Waals surface area contributed by atoms with Crippen LogP contribution in [0.3, 0.4) is 0 Å². The molecule has 2 atom stereocenters. The molecule has 2 aromatic carbocycles. The summed E-state index contributed by atoms with van der Waals surface area (Å²) in [6.07, 6.45) is 2.27. The van der Waals surface area contributed by atoms with Crippen LogP contribution in [0.15, 0.2) is 46.9 Å². The van der Waals surface area contributed by atoms with Crippen molar-refractivity contribution in [2.45, 2.75) is 24.8 Å². The maximum atomic E-state index is 6.42. The Hall–Kier alpha value is -0.830. The first-order valence-corrected chi connectivity index (χ1v) is 8.06. The topological polar surface area (TPSA) is 12.0 Å². The normalized spacial score (nSPS) is 18.2. The molecule has 1 N–H and O–H groups in total. The third-order valence-electron chi connectivity index (χ3n) is 4.19. The molecule has 0 saturated heterocycles. The van der Waals surface area contributed by atoms with Gasteiger partial charge in [0.1, 0.15) is 0 Å². The minimum Gasteiger partial charge on any atom is -0.313 e. The fourth-order valence-corrected chi connectivity index (χ4v) is 3.69. The summed E-state index contributed by atoms with van der Waals surface area (Å²) in [5.74, 6) is 0.638. The first-order valence-electron chi connectivity index (χ1n) is 6.89. The molecule has 0 radical (unpaired) electrons. The van der Waals surface area contributed by atoms with E-state index in [1.54, 1.807) is 0 Å². The highest BCUT2D eigenvalue weighted by Crippen LogP contribution is 2.42. The summed E-state index contributed by atoms with van der Waals surface area (Å²) < 4.78 is 0.964. The second-order valence-electron chi connectivity index (χ2n) is 5.32. The third-order valence-corrected chi connectivity index (χ3v) is 5.50. The van der Waals surface area contributed by atoms with Crippen molar-refractivity contribution in [3.8, 4) is 0 Å². The highest BCUT2D eigenvalue weighted by atomic mass is 79.9. The van der Waals surface area contributed by atoms with E-state index in [0.717, 1.165) is 15.9 Å². The highest BCUT2D eigenvalue weighted by Gasteiger charge is 2.28. The average molecular weight is 351 g/mol. The fourth-order valence-electron chi connectivity index (χ4n) is 3.05. The van der Waals surface area contributed by atoms with Crippen molar-refractivity contribution in [3.63, 3.8) is 0 Å². The summed E-state index contributed by atoms with van der Waals surface area (Å²) in [5, 5.41) is 4.23. The molecule has 1 nitrogen and oxygen atoms in total. The summed E-state index contributed by atoms with van der Waals surface area (Å²) in [6, 6.07) is 15.2. The Morgan fingerprint density at radius 3 is 2.80 bits per heavy atom. The second-order valence-corrected chi connectivity index (χ2v) is 6.55. The monoisotopic (exact) mass is 349 g/mol. The average Bonchev–Trinajstić information content (AvgIpc) is 2.44. The molecule has 0 fully saturated rings. The van der Waals surface area contributed by atoms with Gasteiger partial charge in [0.15, 0.2) is 0 Å². The molecule has 20 heavy (non-hydrogen) atoms. The van der Waals surface area contributed by atoms with Crippen LogP contribution in [0.4, 0.5) is 0 Å². The second kappa shape index (κ2) is 5.88. The predicted molar refractivity (Wildman–Crippen MR) is 88.5 cm³/mol. The minimum absolute atomic E-state index is 0.290. The first-order chi connectivity index (χ1) is 9.70. The van der Waals surface area contributed by atoms with Crippen molar-refractivity contribution < 1.29 is 0 Å². The lowest BCUT2D eigenvalue weighted by molar-refractivity contribution is 0.452. The zero-order chi connectivity index (χ0) is 14.1. The summed E-state index contributed by atoms with van der Waals surface area (Å²) in [6.45, 7) is 0. The fraction of sp³-hybridized carbons (Fsp3) is 0.294. The number of halogens is 2. The number of benzene rings is 2. The van der Waals surface area contributed by atoms with Gasteiger partial charge in [-0.15, -0.1) is 0 Å². The Kier molecular flexibility index (Phi) is 4.16. The maximum absolute atomic E-state index is 6.42. The molecular weight excluding hydrogens is 334 g/mol. The molecule has 3 heteroatoms. The molecule has 0 heterocycles. The highest BCUT2D eigenvalue weighted by molar-refractivity contribution is 9.10. The summed E-state index contributed by atoms with van der Waals surface area (Å²) in [4.78, 5) is 0. The van der Waals surface area contributed by atoms with E-state index >= 15 is 0 Å². The number of hydrogen-bond acceptors (Lipinski definition) is 1. The zero-order valence-electron chi connectivity index (χ0n) is 11.4. The van der Waals surface area contributed by atoms with Gasteiger partial charge in [-0.25, -0.2) is 0 Å². The van der Waals surface area contributed by atoms with Crippen LogP contribution in [0.2, 0.25) is 5.02 Å². The lowest BCUT2D eigenvalue weighted by atomic mass is 9.74. The molecule has 0 aliphatic heterocycles. The molecule has 1 aliphatic carbocycles. The summed E-state index contributed by atoms with van der Waals surface area (Å²) >= 11 is 9.93. The lowest BCUT2D eigenvalue weighted by Gasteiger charge is -2.33. The van der Waals surface area contributed by atoms with Crippen LogP contribution in [0.1, 0.15) is 35.1 Å². The van der Waals surface area contributed by atoms with E-state index in [-0.39, 0.29) is 0 Å². The van der Waals surface area contributed by atoms with Crippen LogP contribution in [0, 0.1) is 0 Å². The molecule has 0 spiro atoms. The van der Waals surface area contributed by atoms with Gasteiger partial charge >= 0.3 is 0 Å². The molecule has 0 amide bonds. The largest absolute Gasteiger partial charge is 0.313 e. The quantitative estimate of drug-likeness (QED) is 0.809. The van der Waals surface area contributed by atoms with Gasteiger partial charge in [0.05, 0.1) is 5.02 Å². The molecule has 1 aliphatic rings. The summed E-state index contributed by atoms with van der Waals surface area (Å²) in [7, 11) is 2.01. The summed E-state index contributed by atoms with van der Waals surface area (Å²) in [5.41, 5.74) is 4.17. The van der Waals surface area contributed by atoms with Gasteiger partial charge in [0.25, 0.3) is 0 Å². The standard InChI is InChI=1S/C17H17BrClN/c1-20-16(14-7-4-8-15(18)17(14)19)10-12-9-11-5-2-3-6-13(11)12/h2-8,12,16,20H,9-10H2,1H3. The molecule has 0 bridgehead atoms. The van der Waals surface area contributed by atoms with Gasteiger partial charge in [0, 0.05) is 10.5 Å². The van der Waals surface area contributed by atoms with Crippen molar-refractivity contribution in [1.82, 2.24) is 5.32 Å². The smallest absolute Gasteiger partial charge is 0.0595 e. The van der Waals surface area contributed by atoms with E-state index in [9.17, 15) is 0 Å². The van der Waals surface area contributed by atoms with Crippen molar-refractivity contribution in [1.29, 1.82) is 0 Å². The third kappa shape index (κ3) is 2.52. The van der Waals surface area contributed by atoms with E-state index in [4.69, 9.17) is 11.6 Å². The van der Waals surface area contributed by atoms with Crippen LogP contribution in [0.25, 0.3) is 0 Å². The van der Waals surface area contributed by atoms with Crippen molar-refractivity contribution in [2.75, 3.05) is 7.05 Å². The Balaban J connectivity index is 1.81. The van der Waals surface area contributed by atoms with Gasteiger partial charge in [-0.05, 0) is 64.5 Å². The molecule has 2 aromatic rings. The van der Waals surface area contributed by atoms with E-state index in [0.29, 0.717) is 12.0 Å². The molecular formula is C17H17BrClN. The van der Waals surface area contributed by atoms with Gasteiger partial charge in [-0.1, -0.05) is 48.0 Å². The lowest BCUT2D eigenvalue weighted by Crippen LogP contribution is -2.25. The molecule has 0 aromatic heterocycles. The van der Waals surface area contributed by atoms with Gasteiger partial charge in [0.2, 0.25) is 0 Å². The number of fused-ring (bicyclic) bond motifs is 1. The Bertz CT molecular complexity index is 626. The SMILES string of the molecule is CNC(CC1Cc2ccccc21)c1cccc(Br)c1Cl. The minimum atomic E-state index is 0.290. The molecule has 104 valence electrons. The number of hydrogen-bond donors (Lipinski definition) is 1. The Morgan fingerprint density at radius 2 is 2.05 bits per heavy atom. The van der Waals surface area contributed by atoms with Crippen LogP contribution in [0.5, 0.6) is 0 Å².